The largest absolute Gasteiger partial charge is 0.396 e. The van der Waals surface area contributed by atoms with Gasteiger partial charge in [0.15, 0.2) is 0 Å². The Kier molecular flexibility index (Phi) is 7.24. The van der Waals surface area contributed by atoms with Gasteiger partial charge in [-0.3, -0.25) is 0 Å². The zero-order valence-electron chi connectivity index (χ0n) is 10.6. The maximum absolute atomic E-state index is 9.24. The van der Waals surface area contributed by atoms with Crippen LogP contribution in [0.3, 0.4) is 0 Å². The second-order valence-electron chi connectivity index (χ2n) is 4.95. The summed E-state index contributed by atoms with van der Waals surface area (Å²) in [7, 11) is 0. The molecule has 0 saturated heterocycles. The lowest BCUT2D eigenvalue weighted by Crippen LogP contribution is -2.15. The van der Waals surface area contributed by atoms with Crippen molar-refractivity contribution in [2.75, 3.05) is 6.61 Å². The van der Waals surface area contributed by atoms with Gasteiger partial charge in [0, 0.05) is 6.61 Å². The molecule has 1 nitrogen and oxygen atoms in total. The molecule has 0 radical (unpaired) electrons. The van der Waals surface area contributed by atoms with E-state index in [-0.39, 0.29) is 0 Å². The van der Waals surface area contributed by atoms with Crippen LogP contribution in [0.5, 0.6) is 0 Å². The highest BCUT2D eigenvalue weighted by atomic mass is 16.3. The van der Waals surface area contributed by atoms with Gasteiger partial charge in [0.25, 0.3) is 0 Å². The van der Waals surface area contributed by atoms with E-state index in [0.29, 0.717) is 18.4 Å². The summed E-state index contributed by atoms with van der Waals surface area (Å²) >= 11 is 0. The predicted molar refractivity (Wildman–Crippen MR) is 70.3 cm³/mol. The Morgan fingerprint density at radius 1 is 1.00 bits per heavy atom. The van der Waals surface area contributed by atoms with Gasteiger partial charge < -0.3 is 5.11 Å². The molecule has 0 heterocycles. The lowest BCUT2D eigenvalue weighted by atomic mass is 9.85. The van der Waals surface area contributed by atoms with Crippen LogP contribution in [0.15, 0.2) is 24.3 Å². The minimum atomic E-state index is 0.338. The summed E-state index contributed by atoms with van der Waals surface area (Å²) in [6.07, 6.45) is 17.8. The molecule has 0 amide bonds. The van der Waals surface area contributed by atoms with Crippen LogP contribution in [0.4, 0.5) is 0 Å². The van der Waals surface area contributed by atoms with Crippen molar-refractivity contribution in [1.82, 2.24) is 0 Å². The number of rotatable bonds is 2. The fourth-order valence-corrected chi connectivity index (χ4v) is 2.33. The summed E-state index contributed by atoms with van der Waals surface area (Å²) in [5.74, 6) is 1.16. The van der Waals surface area contributed by atoms with Gasteiger partial charge in [-0.05, 0) is 56.8 Å². The lowest BCUT2D eigenvalue weighted by molar-refractivity contribution is 0.175. The number of allylic oxidation sites excluding steroid dienone is 4. The normalized spacial score (nSPS) is 29.8. The summed E-state index contributed by atoms with van der Waals surface area (Å²) in [5.41, 5.74) is 0. The molecule has 0 saturated carbocycles. The number of hydrogen-bond acceptors (Lipinski definition) is 1. The third-order valence-corrected chi connectivity index (χ3v) is 3.58. The molecule has 1 aliphatic rings. The molecule has 92 valence electrons. The molecule has 0 aliphatic heterocycles. The smallest absolute Gasteiger partial charge is 0.0459 e. The van der Waals surface area contributed by atoms with Crippen LogP contribution >= 0.6 is 0 Å². The highest BCUT2D eigenvalue weighted by Gasteiger charge is 2.15. The maximum Gasteiger partial charge on any atom is 0.0459 e. The van der Waals surface area contributed by atoms with E-state index in [4.69, 9.17) is 0 Å². The third-order valence-electron chi connectivity index (χ3n) is 3.58. The van der Waals surface area contributed by atoms with Crippen molar-refractivity contribution in [2.24, 2.45) is 11.8 Å². The van der Waals surface area contributed by atoms with Gasteiger partial charge in [-0.25, -0.2) is 0 Å². The average molecular weight is 222 g/mol. The molecule has 0 bridgehead atoms. The molecule has 0 spiro atoms. The van der Waals surface area contributed by atoms with Crippen molar-refractivity contribution in [2.45, 2.75) is 51.9 Å². The molecule has 1 aliphatic carbocycles. The first-order valence-corrected chi connectivity index (χ1v) is 6.75. The van der Waals surface area contributed by atoms with Gasteiger partial charge in [-0.15, -0.1) is 0 Å². The first-order valence-electron chi connectivity index (χ1n) is 6.75. The first-order chi connectivity index (χ1) is 7.84. The third kappa shape index (κ3) is 5.50. The Balaban J connectivity index is 2.44. The number of aliphatic hydroxyl groups excluding tert-OH is 1. The predicted octanol–water partition coefficient (Wildman–Crippen LogP) is 4.09. The van der Waals surface area contributed by atoms with Gasteiger partial charge in [0.2, 0.25) is 0 Å². The van der Waals surface area contributed by atoms with Crippen LogP contribution in [0.2, 0.25) is 0 Å². The Morgan fingerprint density at radius 3 is 2.31 bits per heavy atom. The van der Waals surface area contributed by atoms with Crippen molar-refractivity contribution >= 4 is 0 Å². The molecule has 2 atom stereocenters. The Morgan fingerprint density at radius 2 is 1.62 bits per heavy atom. The van der Waals surface area contributed by atoms with Crippen molar-refractivity contribution in [1.29, 1.82) is 0 Å². The lowest BCUT2D eigenvalue weighted by Gasteiger charge is -2.21. The zero-order valence-corrected chi connectivity index (χ0v) is 10.6. The van der Waals surface area contributed by atoms with Crippen molar-refractivity contribution < 1.29 is 5.11 Å². The second-order valence-corrected chi connectivity index (χ2v) is 4.95. The van der Waals surface area contributed by atoms with Gasteiger partial charge in [0.1, 0.15) is 0 Å². The summed E-state index contributed by atoms with van der Waals surface area (Å²) in [6.45, 7) is 2.51. The van der Waals surface area contributed by atoms with Crippen LogP contribution in [0, 0.1) is 11.8 Å². The molecule has 1 N–H and O–H groups in total. The van der Waals surface area contributed by atoms with Gasteiger partial charge in [-0.2, -0.15) is 0 Å². The molecule has 0 aromatic rings. The number of hydrogen-bond donors (Lipinski definition) is 1. The fourth-order valence-electron chi connectivity index (χ4n) is 2.33. The van der Waals surface area contributed by atoms with Crippen LogP contribution in [-0.2, 0) is 0 Å². The SMILES string of the molecule is CC(CO)C1CC/C=C\CC/C=C\CCC1. The van der Waals surface area contributed by atoms with Gasteiger partial charge in [0.05, 0.1) is 0 Å². The molecular formula is C15H26O. The van der Waals surface area contributed by atoms with E-state index in [9.17, 15) is 5.11 Å². The Bertz CT molecular complexity index is 217. The van der Waals surface area contributed by atoms with Crippen LogP contribution in [-0.4, -0.2) is 11.7 Å². The minimum Gasteiger partial charge on any atom is -0.396 e. The van der Waals surface area contributed by atoms with Crippen LogP contribution in [0.1, 0.15) is 51.9 Å². The zero-order chi connectivity index (χ0) is 11.6. The molecular weight excluding hydrogens is 196 g/mol. The minimum absolute atomic E-state index is 0.338. The van der Waals surface area contributed by atoms with Crippen molar-refractivity contribution in [3.63, 3.8) is 0 Å². The molecule has 0 fully saturated rings. The van der Waals surface area contributed by atoms with E-state index in [1.54, 1.807) is 0 Å². The summed E-state index contributed by atoms with van der Waals surface area (Å²) < 4.78 is 0. The summed E-state index contributed by atoms with van der Waals surface area (Å²) in [5, 5.41) is 9.24. The average Bonchev–Trinajstić information content (AvgIpc) is 2.29. The highest BCUT2D eigenvalue weighted by molar-refractivity contribution is 4.89. The molecule has 0 aromatic heterocycles. The van der Waals surface area contributed by atoms with Crippen LogP contribution in [0.25, 0.3) is 0 Å². The Hall–Kier alpha value is -0.560. The molecule has 0 aromatic carbocycles. The number of aliphatic hydroxyl groups is 1. The first kappa shape index (κ1) is 13.5. The van der Waals surface area contributed by atoms with Crippen LogP contribution < -0.4 is 0 Å². The topological polar surface area (TPSA) is 20.2 Å². The monoisotopic (exact) mass is 222 g/mol. The van der Waals surface area contributed by atoms with Gasteiger partial charge in [-0.1, -0.05) is 31.2 Å². The van der Waals surface area contributed by atoms with E-state index in [1.165, 1.54) is 44.9 Å². The Labute approximate surface area is 100 Å². The van der Waals surface area contributed by atoms with E-state index in [1.807, 2.05) is 0 Å². The second kappa shape index (κ2) is 8.58. The maximum atomic E-state index is 9.24. The quantitative estimate of drug-likeness (QED) is 0.698. The van der Waals surface area contributed by atoms with E-state index >= 15 is 0 Å². The highest BCUT2D eigenvalue weighted by Crippen LogP contribution is 2.24. The molecule has 2 unspecified atom stereocenters. The summed E-state index contributed by atoms with van der Waals surface area (Å²) in [4.78, 5) is 0. The fraction of sp³-hybridized carbons (Fsp3) is 0.733. The molecule has 1 heteroatoms. The van der Waals surface area contributed by atoms with E-state index < -0.39 is 0 Å². The standard InChI is InChI=1S/C15H26O/c1-14(13-16)15-11-9-7-5-3-2-4-6-8-10-12-15/h3,5-6,8,14-16H,2,4,7,9-13H2,1H3/b5-3-,8-6-. The summed E-state index contributed by atoms with van der Waals surface area (Å²) in [6, 6.07) is 0. The molecule has 1 rings (SSSR count). The van der Waals surface area contributed by atoms with Crippen molar-refractivity contribution in [3.8, 4) is 0 Å². The van der Waals surface area contributed by atoms with Gasteiger partial charge >= 0.3 is 0 Å². The van der Waals surface area contributed by atoms with Crippen molar-refractivity contribution in [3.05, 3.63) is 24.3 Å². The van der Waals surface area contributed by atoms with E-state index in [2.05, 4.69) is 31.2 Å². The van der Waals surface area contributed by atoms with E-state index in [0.717, 1.165) is 0 Å². The molecule has 16 heavy (non-hydrogen) atoms.